The van der Waals surface area contributed by atoms with Crippen molar-refractivity contribution in [3.63, 3.8) is 0 Å². The van der Waals surface area contributed by atoms with E-state index in [9.17, 15) is 9.59 Å². The smallest absolute Gasteiger partial charge is 0.238 e. The van der Waals surface area contributed by atoms with Gasteiger partial charge in [-0.25, -0.2) is 0 Å². The van der Waals surface area contributed by atoms with E-state index >= 15 is 0 Å². The summed E-state index contributed by atoms with van der Waals surface area (Å²) in [5, 5.41) is 5.21. The number of hydrogen-bond donors (Lipinski definition) is 1. The predicted octanol–water partition coefficient (Wildman–Crippen LogP) is 2.35. The number of benzene rings is 2. The van der Waals surface area contributed by atoms with Crippen molar-refractivity contribution in [3.8, 4) is 0 Å². The number of nitrogens with zero attached hydrogens (tertiary/aromatic N) is 2. The van der Waals surface area contributed by atoms with Crippen molar-refractivity contribution in [2.45, 2.75) is 12.8 Å². The summed E-state index contributed by atoms with van der Waals surface area (Å²) in [6, 6.07) is 14.0. The van der Waals surface area contributed by atoms with Gasteiger partial charge in [-0.05, 0) is 37.4 Å². The van der Waals surface area contributed by atoms with E-state index in [1.807, 2.05) is 47.4 Å². The summed E-state index contributed by atoms with van der Waals surface area (Å²) in [4.78, 5) is 29.2. The Labute approximate surface area is 165 Å². The number of likely N-dealkylation sites (tertiary alicyclic amines) is 1. The molecule has 0 bridgehead atoms. The number of hydrogen-bond acceptors (Lipinski definition) is 4. The van der Waals surface area contributed by atoms with Crippen LogP contribution in [0.15, 0.2) is 42.5 Å². The average molecular weight is 381 g/mol. The van der Waals surface area contributed by atoms with Crippen LogP contribution in [0.3, 0.4) is 0 Å². The maximum absolute atomic E-state index is 12.6. The van der Waals surface area contributed by atoms with Crippen molar-refractivity contribution in [2.75, 3.05) is 51.3 Å². The lowest BCUT2D eigenvalue weighted by atomic mass is 9.95. The molecule has 2 amide bonds. The van der Waals surface area contributed by atoms with Crippen molar-refractivity contribution in [1.82, 2.24) is 9.80 Å². The molecule has 2 heterocycles. The fourth-order valence-electron chi connectivity index (χ4n) is 4.11. The molecule has 6 heteroatoms. The number of fused-ring (bicyclic) bond motifs is 1. The number of carbonyl (C=O) groups is 2. The first-order valence-electron chi connectivity index (χ1n) is 10.1. The van der Waals surface area contributed by atoms with Gasteiger partial charge < -0.3 is 15.0 Å². The second kappa shape index (κ2) is 8.71. The minimum Gasteiger partial charge on any atom is -0.378 e. The first kappa shape index (κ1) is 18.9. The molecule has 1 N–H and O–H groups in total. The highest BCUT2D eigenvalue weighted by atomic mass is 16.5. The largest absolute Gasteiger partial charge is 0.378 e. The van der Waals surface area contributed by atoms with E-state index in [4.69, 9.17) is 4.74 Å². The summed E-state index contributed by atoms with van der Waals surface area (Å²) in [6.07, 6.45) is 1.63. The van der Waals surface area contributed by atoms with E-state index in [0.717, 1.165) is 42.4 Å². The number of rotatable bonds is 4. The maximum atomic E-state index is 12.6. The summed E-state index contributed by atoms with van der Waals surface area (Å²) in [6.45, 7) is 4.60. The molecule has 148 valence electrons. The highest BCUT2D eigenvalue weighted by Gasteiger charge is 2.29. The molecule has 0 unspecified atom stereocenters. The van der Waals surface area contributed by atoms with Gasteiger partial charge in [-0.2, -0.15) is 0 Å². The summed E-state index contributed by atoms with van der Waals surface area (Å²) in [7, 11) is 0. The number of carbonyl (C=O) groups excluding carboxylic acids is 2. The van der Waals surface area contributed by atoms with Gasteiger partial charge in [-0.15, -0.1) is 0 Å². The van der Waals surface area contributed by atoms with Crippen LogP contribution in [-0.4, -0.2) is 67.6 Å². The lowest BCUT2D eigenvalue weighted by molar-refractivity contribution is -0.141. The van der Waals surface area contributed by atoms with E-state index in [-0.39, 0.29) is 17.7 Å². The van der Waals surface area contributed by atoms with Crippen LogP contribution < -0.4 is 5.32 Å². The van der Waals surface area contributed by atoms with Crippen LogP contribution in [-0.2, 0) is 14.3 Å². The third kappa shape index (κ3) is 4.34. The van der Waals surface area contributed by atoms with Crippen molar-refractivity contribution in [2.24, 2.45) is 5.92 Å². The van der Waals surface area contributed by atoms with Gasteiger partial charge in [0.1, 0.15) is 0 Å². The van der Waals surface area contributed by atoms with E-state index in [1.165, 1.54) is 0 Å². The zero-order chi connectivity index (χ0) is 19.3. The second-order valence-electron chi connectivity index (χ2n) is 7.56. The summed E-state index contributed by atoms with van der Waals surface area (Å²) in [5.41, 5.74) is 0.848. The van der Waals surface area contributed by atoms with Crippen LogP contribution in [0.2, 0.25) is 0 Å². The molecule has 2 aromatic rings. The Hall–Kier alpha value is -2.44. The monoisotopic (exact) mass is 381 g/mol. The molecule has 0 spiro atoms. The van der Waals surface area contributed by atoms with Gasteiger partial charge in [0.25, 0.3) is 0 Å². The van der Waals surface area contributed by atoms with E-state index in [0.29, 0.717) is 32.8 Å². The Morgan fingerprint density at radius 3 is 2.46 bits per heavy atom. The fourth-order valence-corrected chi connectivity index (χ4v) is 4.11. The molecule has 2 saturated heterocycles. The molecule has 2 aliphatic rings. The van der Waals surface area contributed by atoms with Gasteiger partial charge in [0, 0.05) is 30.1 Å². The van der Waals surface area contributed by atoms with Gasteiger partial charge in [0.05, 0.1) is 19.8 Å². The third-order valence-corrected chi connectivity index (χ3v) is 5.69. The lowest BCUT2D eigenvalue weighted by Crippen LogP contribution is -2.47. The molecule has 0 aliphatic carbocycles. The Morgan fingerprint density at radius 1 is 0.964 bits per heavy atom. The topological polar surface area (TPSA) is 61.9 Å². The molecule has 2 fully saturated rings. The van der Waals surface area contributed by atoms with Gasteiger partial charge in [-0.1, -0.05) is 36.4 Å². The second-order valence-corrected chi connectivity index (χ2v) is 7.56. The van der Waals surface area contributed by atoms with Gasteiger partial charge in [-0.3, -0.25) is 14.5 Å². The van der Waals surface area contributed by atoms with Crippen LogP contribution in [0.1, 0.15) is 12.8 Å². The third-order valence-electron chi connectivity index (χ3n) is 5.69. The Bertz CT molecular complexity index is 835. The van der Waals surface area contributed by atoms with Crippen molar-refractivity contribution >= 4 is 28.3 Å². The van der Waals surface area contributed by atoms with E-state index in [1.54, 1.807) is 0 Å². The molecule has 28 heavy (non-hydrogen) atoms. The highest BCUT2D eigenvalue weighted by Crippen LogP contribution is 2.24. The Morgan fingerprint density at radius 2 is 1.68 bits per heavy atom. The molecule has 4 rings (SSSR count). The summed E-state index contributed by atoms with van der Waals surface area (Å²) < 4.78 is 5.33. The van der Waals surface area contributed by atoms with Crippen molar-refractivity contribution in [3.05, 3.63) is 42.5 Å². The van der Waals surface area contributed by atoms with Crippen LogP contribution >= 0.6 is 0 Å². The number of ether oxygens (including phenoxy) is 1. The first-order valence-corrected chi connectivity index (χ1v) is 10.1. The van der Waals surface area contributed by atoms with Gasteiger partial charge in [0.2, 0.25) is 11.8 Å². The molecule has 0 radical (unpaired) electrons. The molecule has 6 nitrogen and oxygen atoms in total. The van der Waals surface area contributed by atoms with Crippen molar-refractivity contribution in [1.29, 1.82) is 0 Å². The van der Waals surface area contributed by atoms with Gasteiger partial charge in [0.15, 0.2) is 0 Å². The van der Waals surface area contributed by atoms with Crippen LogP contribution in [0.5, 0.6) is 0 Å². The predicted molar refractivity (Wildman–Crippen MR) is 109 cm³/mol. The zero-order valence-corrected chi connectivity index (χ0v) is 16.1. The quantitative estimate of drug-likeness (QED) is 0.883. The number of amides is 2. The number of piperidine rings is 1. The SMILES string of the molecule is O=C(CN1CCC(C(=O)N2CCOCC2)CC1)Nc1cccc2ccccc12. The molecule has 2 aliphatic heterocycles. The van der Waals surface area contributed by atoms with Crippen LogP contribution in [0, 0.1) is 5.92 Å². The van der Waals surface area contributed by atoms with Crippen LogP contribution in [0.4, 0.5) is 5.69 Å². The molecular weight excluding hydrogens is 354 g/mol. The molecular formula is C22H27N3O3. The zero-order valence-electron chi connectivity index (χ0n) is 16.1. The van der Waals surface area contributed by atoms with Crippen LogP contribution in [0.25, 0.3) is 10.8 Å². The summed E-state index contributed by atoms with van der Waals surface area (Å²) >= 11 is 0. The molecule has 2 aromatic carbocycles. The number of nitrogens with one attached hydrogen (secondary N) is 1. The normalized spacial score (nSPS) is 18.9. The minimum absolute atomic E-state index is 0.00527. The molecule has 0 saturated carbocycles. The number of anilines is 1. The molecule has 0 aromatic heterocycles. The van der Waals surface area contributed by atoms with Crippen molar-refractivity contribution < 1.29 is 14.3 Å². The highest BCUT2D eigenvalue weighted by molar-refractivity contribution is 6.02. The lowest BCUT2D eigenvalue weighted by Gasteiger charge is -2.35. The average Bonchev–Trinajstić information content (AvgIpc) is 2.75. The van der Waals surface area contributed by atoms with E-state index < -0.39 is 0 Å². The maximum Gasteiger partial charge on any atom is 0.238 e. The first-order chi connectivity index (χ1) is 13.7. The summed E-state index contributed by atoms with van der Waals surface area (Å²) in [5.74, 6) is 0.327. The number of morpholine rings is 1. The fraction of sp³-hybridized carbons (Fsp3) is 0.455. The Balaban J connectivity index is 1.28. The standard InChI is InChI=1S/C22H27N3O3/c26-21(23-20-7-3-5-17-4-1-2-6-19(17)20)16-24-10-8-18(9-11-24)22(27)25-12-14-28-15-13-25/h1-7,18H,8-16H2,(H,23,26). The Kier molecular flexibility index (Phi) is 5.88. The minimum atomic E-state index is -0.00527. The van der Waals surface area contributed by atoms with Gasteiger partial charge >= 0.3 is 0 Å². The molecule has 0 atom stereocenters. The van der Waals surface area contributed by atoms with E-state index in [2.05, 4.69) is 10.2 Å².